The minimum absolute atomic E-state index is 0.385. The molecule has 4 nitrogen and oxygen atoms in total. The molecule has 2 rings (SSSR count). The van der Waals surface area contributed by atoms with Crippen LogP contribution >= 0.6 is 15.9 Å². The molecule has 0 aliphatic rings. The average molecular weight is 349 g/mol. The molecule has 0 radical (unpaired) electrons. The van der Waals surface area contributed by atoms with Crippen LogP contribution in [0.3, 0.4) is 0 Å². The number of aryl methyl sites for hydroxylation is 1. The monoisotopic (exact) mass is 348 g/mol. The quantitative estimate of drug-likeness (QED) is 0.652. The fourth-order valence-electron chi connectivity index (χ4n) is 1.99. The van der Waals surface area contributed by atoms with E-state index in [4.69, 9.17) is 10.5 Å². The molecule has 110 valence electrons. The van der Waals surface area contributed by atoms with Gasteiger partial charge >= 0.3 is 5.97 Å². The summed E-state index contributed by atoms with van der Waals surface area (Å²) in [6.07, 6.45) is 0. The standard InChI is InChI=1S/C16H17BrN2O2/c1-10-7-13(8-14(15(10)18)16(20)21-2)19-9-11-3-5-12(17)6-4-11/h3-8,19H,9,18H2,1-2H3. The number of nitrogen functional groups attached to an aromatic ring is 1. The first-order valence-electron chi connectivity index (χ1n) is 6.48. The first-order chi connectivity index (χ1) is 10.0. The number of carbonyl (C=O) groups is 1. The summed E-state index contributed by atoms with van der Waals surface area (Å²) in [4.78, 5) is 11.7. The van der Waals surface area contributed by atoms with Crippen LogP contribution < -0.4 is 11.1 Å². The first-order valence-corrected chi connectivity index (χ1v) is 7.27. The highest BCUT2D eigenvalue weighted by atomic mass is 79.9. The van der Waals surface area contributed by atoms with Crippen molar-refractivity contribution < 1.29 is 9.53 Å². The third kappa shape index (κ3) is 3.76. The Morgan fingerprint density at radius 3 is 2.57 bits per heavy atom. The Balaban J connectivity index is 2.18. The smallest absolute Gasteiger partial charge is 0.340 e. The number of ether oxygens (including phenoxy) is 1. The van der Waals surface area contributed by atoms with Gasteiger partial charge in [0.15, 0.2) is 0 Å². The summed E-state index contributed by atoms with van der Waals surface area (Å²) in [5.74, 6) is -0.428. The van der Waals surface area contributed by atoms with Gasteiger partial charge in [-0.15, -0.1) is 0 Å². The van der Waals surface area contributed by atoms with E-state index in [0.29, 0.717) is 17.8 Å². The normalized spacial score (nSPS) is 10.2. The van der Waals surface area contributed by atoms with E-state index in [1.54, 1.807) is 6.07 Å². The van der Waals surface area contributed by atoms with E-state index in [-0.39, 0.29) is 0 Å². The average Bonchev–Trinajstić information content (AvgIpc) is 2.49. The van der Waals surface area contributed by atoms with E-state index in [1.807, 2.05) is 37.3 Å². The second-order valence-corrected chi connectivity index (χ2v) is 5.64. The molecule has 0 saturated carbocycles. The minimum atomic E-state index is -0.428. The number of rotatable bonds is 4. The van der Waals surface area contributed by atoms with E-state index in [9.17, 15) is 4.79 Å². The predicted molar refractivity (Wildman–Crippen MR) is 88.4 cm³/mol. The summed E-state index contributed by atoms with van der Waals surface area (Å²) in [7, 11) is 1.35. The molecule has 0 saturated heterocycles. The summed E-state index contributed by atoms with van der Waals surface area (Å²) in [6.45, 7) is 2.53. The fraction of sp³-hybridized carbons (Fsp3) is 0.188. The lowest BCUT2D eigenvalue weighted by atomic mass is 10.1. The van der Waals surface area contributed by atoms with Crippen LogP contribution in [0.15, 0.2) is 40.9 Å². The lowest BCUT2D eigenvalue weighted by molar-refractivity contribution is 0.0602. The van der Waals surface area contributed by atoms with Gasteiger partial charge in [0, 0.05) is 22.4 Å². The predicted octanol–water partition coefficient (Wildman–Crippen LogP) is 3.74. The number of hydrogen-bond donors (Lipinski definition) is 2. The van der Waals surface area contributed by atoms with Crippen LogP contribution in [0.5, 0.6) is 0 Å². The van der Waals surface area contributed by atoms with Crippen molar-refractivity contribution in [1.29, 1.82) is 0 Å². The fourth-order valence-corrected chi connectivity index (χ4v) is 2.25. The number of carbonyl (C=O) groups excluding carboxylic acids is 1. The number of methoxy groups -OCH3 is 1. The third-order valence-corrected chi connectivity index (χ3v) is 3.73. The Labute approximate surface area is 132 Å². The van der Waals surface area contributed by atoms with Gasteiger partial charge in [0.1, 0.15) is 0 Å². The van der Waals surface area contributed by atoms with Crippen LogP contribution in [0.1, 0.15) is 21.5 Å². The lowest BCUT2D eigenvalue weighted by Crippen LogP contribution is -2.09. The molecule has 2 aromatic rings. The second-order valence-electron chi connectivity index (χ2n) is 4.73. The van der Waals surface area contributed by atoms with E-state index < -0.39 is 5.97 Å². The van der Waals surface area contributed by atoms with Gasteiger partial charge in [-0.3, -0.25) is 0 Å². The number of nitrogens with two attached hydrogens (primary N) is 1. The topological polar surface area (TPSA) is 64.3 Å². The van der Waals surface area contributed by atoms with E-state index in [1.165, 1.54) is 7.11 Å². The molecule has 0 bridgehead atoms. The SMILES string of the molecule is COC(=O)c1cc(NCc2ccc(Br)cc2)cc(C)c1N. The van der Waals surface area contributed by atoms with Gasteiger partial charge in [-0.05, 0) is 42.3 Å². The summed E-state index contributed by atoms with van der Waals surface area (Å²) in [6, 6.07) is 11.7. The van der Waals surface area contributed by atoms with Gasteiger partial charge in [0.25, 0.3) is 0 Å². The number of anilines is 2. The Bertz CT molecular complexity index is 654. The van der Waals surface area contributed by atoms with Crippen LogP contribution in [0.25, 0.3) is 0 Å². The van der Waals surface area contributed by atoms with E-state index in [0.717, 1.165) is 21.3 Å². The van der Waals surface area contributed by atoms with Crippen molar-refractivity contribution in [3.63, 3.8) is 0 Å². The van der Waals surface area contributed by atoms with Crippen molar-refractivity contribution in [2.75, 3.05) is 18.2 Å². The van der Waals surface area contributed by atoms with Gasteiger partial charge in [-0.25, -0.2) is 4.79 Å². The third-order valence-electron chi connectivity index (χ3n) is 3.20. The van der Waals surface area contributed by atoms with Crippen LogP contribution in [0.2, 0.25) is 0 Å². The van der Waals surface area contributed by atoms with Gasteiger partial charge in [-0.2, -0.15) is 0 Å². The maximum Gasteiger partial charge on any atom is 0.340 e. The number of benzene rings is 2. The van der Waals surface area contributed by atoms with Crippen molar-refractivity contribution in [3.8, 4) is 0 Å². The Hall–Kier alpha value is -2.01. The van der Waals surface area contributed by atoms with Gasteiger partial charge in [0.2, 0.25) is 0 Å². The lowest BCUT2D eigenvalue weighted by Gasteiger charge is -2.12. The molecule has 21 heavy (non-hydrogen) atoms. The Morgan fingerprint density at radius 1 is 1.29 bits per heavy atom. The van der Waals surface area contributed by atoms with Crippen LogP contribution in [-0.2, 0) is 11.3 Å². The second kappa shape index (κ2) is 6.63. The molecule has 0 spiro atoms. The van der Waals surface area contributed by atoms with Gasteiger partial charge < -0.3 is 15.8 Å². The first kappa shape index (κ1) is 15.4. The summed E-state index contributed by atoms with van der Waals surface area (Å²) < 4.78 is 5.80. The maximum atomic E-state index is 11.7. The van der Waals surface area contributed by atoms with E-state index in [2.05, 4.69) is 21.2 Å². The zero-order valence-electron chi connectivity index (χ0n) is 11.9. The number of halogens is 1. The molecule has 0 aliphatic heterocycles. The molecular formula is C16H17BrN2O2. The number of esters is 1. The Kier molecular flexibility index (Phi) is 4.85. The molecule has 5 heteroatoms. The van der Waals surface area contributed by atoms with E-state index >= 15 is 0 Å². The van der Waals surface area contributed by atoms with Crippen molar-refractivity contribution in [2.24, 2.45) is 0 Å². The van der Waals surface area contributed by atoms with Crippen LogP contribution in [0.4, 0.5) is 11.4 Å². The van der Waals surface area contributed by atoms with Crippen LogP contribution in [-0.4, -0.2) is 13.1 Å². The zero-order valence-corrected chi connectivity index (χ0v) is 13.5. The molecular weight excluding hydrogens is 332 g/mol. The molecule has 0 aromatic heterocycles. The molecule has 0 unspecified atom stereocenters. The Morgan fingerprint density at radius 2 is 1.95 bits per heavy atom. The van der Waals surface area contributed by atoms with Crippen molar-refractivity contribution in [2.45, 2.75) is 13.5 Å². The molecule has 0 aliphatic carbocycles. The highest BCUT2D eigenvalue weighted by molar-refractivity contribution is 9.10. The number of nitrogens with one attached hydrogen (secondary N) is 1. The van der Waals surface area contributed by atoms with Gasteiger partial charge in [-0.1, -0.05) is 28.1 Å². The number of hydrogen-bond acceptors (Lipinski definition) is 4. The van der Waals surface area contributed by atoms with Crippen molar-refractivity contribution in [3.05, 3.63) is 57.6 Å². The zero-order chi connectivity index (χ0) is 15.4. The maximum absolute atomic E-state index is 11.7. The highest BCUT2D eigenvalue weighted by Gasteiger charge is 2.13. The highest BCUT2D eigenvalue weighted by Crippen LogP contribution is 2.24. The molecule has 0 atom stereocenters. The molecule has 0 heterocycles. The summed E-state index contributed by atoms with van der Waals surface area (Å²) in [5.41, 5.74) is 9.59. The van der Waals surface area contributed by atoms with Crippen LogP contribution in [0, 0.1) is 6.92 Å². The molecule has 2 aromatic carbocycles. The van der Waals surface area contributed by atoms with Gasteiger partial charge in [0.05, 0.1) is 12.7 Å². The van der Waals surface area contributed by atoms with Crippen molar-refractivity contribution in [1.82, 2.24) is 0 Å². The summed E-state index contributed by atoms with van der Waals surface area (Å²) in [5, 5.41) is 3.29. The summed E-state index contributed by atoms with van der Waals surface area (Å²) >= 11 is 3.41. The minimum Gasteiger partial charge on any atom is -0.465 e. The molecule has 3 N–H and O–H groups in total. The molecule has 0 fully saturated rings. The largest absolute Gasteiger partial charge is 0.465 e. The molecule has 0 amide bonds. The van der Waals surface area contributed by atoms with Crippen molar-refractivity contribution >= 4 is 33.3 Å².